The third-order valence-electron chi connectivity index (χ3n) is 12.2. The number of rotatable bonds is 7. The zero-order valence-electron chi connectivity index (χ0n) is 33.4. The molecule has 10 aromatic carbocycles. The van der Waals surface area contributed by atoms with Gasteiger partial charge in [-0.05, 0) is 88.8 Å². The molecule has 0 aliphatic heterocycles. The molecule has 0 fully saturated rings. The van der Waals surface area contributed by atoms with E-state index in [1.54, 1.807) is 0 Å². The molecule has 0 N–H and O–H groups in total. The summed E-state index contributed by atoms with van der Waals surface area (Å²) in [5, 5.41) is 7.31. The molecule has 286 valence electrons. The zero-order chi connectivity index (χ0) is 40.3. The van der Waals surface area contributed by atoms with Gasteiger partial charge in [-0.3, -0.25) is 0 Å². The van der Waals surface area contributed by atoms with Crippen molar-refractivity contribution in [3.05, 3.63) is 237 Å². The fourth-order valence-corrected chi connectivity index (χ4v) is 9.59. The van der Waals surface area contributed by atoms with Crippen molar-refractivity contribution in [2.24, 2.45) is 0 Å². The predicted octanol–water partition coefficient (Wildman–Crippen LogP) is 15.8. The minimum atomic E-state index is 1.07. The van der Waals surface area contributed by atoms with Crippen molar-refractivity contribution in [1.29, 1.82) is 0 Å². The highest BCUT2D eigenvalue weighted by Gasteiger charge is 2.22. The second-order valence-electron chi connectivity index (χ2n) is 15.7. The Morgan fingerprint density at radius 2 is 0.820 bits per heavy atom. The summed E-state index contributed by atoms with van der Waals surface area (Å²) in [7, 11) is 0. The van der Waals surface area contributed by atoms with Crippen LogP contribution in [-0.2, 0) is 0 Å². The Bertz CT molecular complexity index is 3540. The number of hydrogen-bond donors (Lipinski definition) is 0. The molecule has 0 radical (unpaired) electrons. The molecule has 3 nitrogen and oxygen atoms in total. The van der Waals surface area contributed by atoms with E-state index in [0.29, 0.717) is 0 Å². The second-order valence-corrected chi connectivity index (χ2v) is 15.7. The van der Waals surface area contributed by atoms with E-state index in [2.05, 4.69) is 251 Å². The van der Waals surface area contributed by atoms with Crippen molar-refractivity contribution in [3.63, 3.8) is 0 Å². The number of benzene rings is 10. The van der Waals surface area contributed by atoms with Gasteiger partial charge in [0.2, 0.25) is 0 Å². The van der Waals surface area contributed by atoms with Crippen LogP contribution in [0.4, 0.5) is 17.1 Å². The third-order valence-corrected chi connectivity index (χ3v) is 12.2. The van der Waals surface area contributed by atoms with Gasteiger partial charge >= 0.3 is 0 Å². The summed E-state index contributed by atoms with van der Waals surface area (Å²) in [4.78, 5) is 2.46. The molecule has 0 spiro atoms. The molecule has 0 bridgehead atoms. The molecule has 2 heterocycles. The van der Waals surface area contributed by atoms with Crippen LogP contribution < -0.4 is 4.90 Å². The highest BCUT2D eigenvalue weighted by atomic mass is 15.1. The molecule has 0 aliphatic rings. The summed E-state index contributed by atoms with van der Waals surface area (Å²) in [6.07, 6.45) is 0. The minimum absolute atomic E-state index is 1.07. The molecule has 12 rings (SSSR count). The molecule has 0 amide bonds. The predicted molar refractivity (Wildman–Crippen MR) is 258 cm³/mol. The van der Waals surface area contributed by atoms with Crippen LogP contribution >= 0.6 is 0 Å². The Morgan fingerprint density at radius 1 is 0.295 bits per heavy atom. The summed E-state index contributed by atoms with van der Waals surface area (Å²) in [5.41, 5.74) is 14.8. The van der Waals surface area contributed by atoms with Gasteiger partial charge in [-0.2, -0.15) is 0 Å². The Balaban J connectivity index is 1.21. The van der Waals surface area contributed by atoms with Crippen LogP contribution in [0.1, 0.15) is 0 Å². The van der Waals surface area contributed by atoms with Crippen LogP contribution in [0.15, 0.2) is 237 Å². The van der Waals surface area contributed by atoms with Gasteiger partial charge in [-0.15, -0.1) is 0 Å². The summed E-state index contributed by atoms with van der Waals surface area (Å²) < 4.78 is 4.89. The third kappa shape index (κ3) is 5.74. The maximum atomic E-state index is 2.46. The molecule has 0 saturated carbocycles. The zero-order valence-corrected chi connectivity index (χ0v) is 33.4. The van der Waals surface area contributed by atoms with E-state index in [9.17, 15) is 0 Å². The van der Waals surface area contributed by atoms with Crippen LogP contribution in [0, 0.1) is 0 Å². The van der Waals surface area contributed by atoms with Gasteiger partial charge in [0.05, 0.1) is 27.8 Å². The molecule has 0 saturated heterocycles. The number of nitrogens with zero attached hydrogens (tertiary/aromatic N) is 3. The van der Waals surface area contributed by atoms with Crippen LogP contribution in [0.3, 0.4) is 0 Å². The first kappa shape index (κ1) is 34.9. The topological polar surface area (TPSA) is 13.1 Å². The van der Waals surface area contributed by atoms with E-state index < -0.39 is 0 Å². The largest absolute Gasteiger partial charge is 0.310 e. The lowest BCUT2D eigenvalue weighted by atomic mass is 9.99. The Kier molecular flexibility index (Phi) is 8.17. The Labute approximate surface area is 354 Å². The van der Waals surface area contributed by atoms with Gasteiger partial charge in [0.15, 0.2) is 0 Å². The van der Waals surface area contributed by atoms with Crippen molar-refractivity contribution in [1.82, 2.24) is 9.13 Å². The molecule has 0 atom stereocenters. The van der Waals surface area contributed by atoms with Crippen molar-refractivity contribution in [2.45, 2.75) is 0 Å². The van der Waals surface area contributed by atoms with Gasteiger partial charge in [-0.25, -0.2) is 0 Å². The van der Waals surface area contributed by atoms with E-state index >= 15 is 0 Å². The number of fused-ring (bicyclic) bond motifs is 7. The molecule has 12 aromatic rings. The van der Waals surface area contributed by atoms with Crippen LogP contribution in [-0.4, -0.2) is 9.13 Å². The first-order chi connectivity index (χ1) is 30.3. The average molecular weight is 778 g/mol. The van der Waals surface area contributed by atoms with Crippen molar-refractivity contribution in [3.8, 4) is 33.6 Å². The van der Waals surface area contributed by atoms with Gasteiger partial charge in [-0.1, -0.05) is 170 Å². The van der Waals surface area contributed by atoms with Crippen LogP contribution in [0.5, 0.6) is 0 Å². The fourth-order valence-electron chi connectivity index (χ4n) is 9.59. The number of hydrogen-bond acceptors (Lipinski definition) is 1. The van der Waals surface area contributed by atoms with Gasteiger partial charge in [0.25, 0.3) is 0 Å². The first-order valence-electron chi connectivity index (χ1n) is 20.9. The molecular weight excluding hydrogens is 739 g/mol. The highest BCUT2D eigenvalue weighted by Crippen LogP contribution is 2.45. The van der Waals surface area contributed by atoms with Crippen molar-refractivity contribution in [2.75, 3.05) is 4.90 Å². The summed E-state index contributed by atoms with van der Waals surface area (Å²) in [5.74, 6) is 0. The van der Waals surface area contributed by atoms with Gasteiger partial charge in [0.1, 0.15) is 0 Å². The Morgan fingerprint density at radius 3 is 1.56 bits per heavy atom. The lowest BCUT2D eigenvalue weighted by molar-refractivity contribution is 1.17. The van der Waals surface area contributed by atoms with E-state index in [1.165, 1.54) is 65.5 Å². The second kappa shape index (κ2) is 14.3. The highest BCUT2D eigenvalue weighted by molar-refractivity contribution is 6.14. The monoisotopic (exact) mass is 777 g/mol. The van der Waals surface area contributed by atoms with E-state index in [-0.39, 0.29) is 0 Å². The minimum Gasteiger partial charge on any atom is -0.310 e. The lowest BCUT2D eigenvalue weighted by Gasteiger charge is -2.29. The summed E-state index contributed by atoms with van der Waals surface area (Å²) in [6, 6.07) is 86.2. The standard InChI is InChI=1S/C58H39N3/c1-3-18-40(19-4-1)42-22-15-25-45(36-42)59(54-35-16-21-41-20-7-8-26-48(41)54)46-37-43(38-47(39-46)60-55-32-12-9-27-50(55)51-28-10-13-33-56(51)60)49-30-17-31-53-52-29-11-14-34-57(52)61(58(49)53)44-23-5-2-6-24-44/h1-39H. The molecule has 2 aromatic heterocycles. The van der Waals surface area contributed by atoms with Gasteiger partial charge in [0, 0.05) is 55.2 Å². The summed E-state index contributed by atoms with van der Waals surface area (Å²) >= 11 is 0. The SMILES string of the molecule is c1ccc(-c2cccc(N(c3cc(-c4cccc5c6ccccc6n(-c6ccccc6)c45)cc(-n4c5ccccc5c5ccccc54)c3)c3cccc4ccccc34)c2)cc1. The van der Waals surface area contributed by atoms with Crippen LogP contribution in [0.2, 0.25) is 0 Å². The van der Waals surface area contributed by atoms with Gasteiger partial charge < -0.3 is 14.0 Å². The van der Waals surface area contributed by atoms with Crippen molar-refractivity contribution < 1.29 is 0 Å². The first-order valence-corrected chi connectivity index (χ1v) is 20.9. The molecule has 3 heteroatoms. The maximum absolute atomic E-state index is 2.46. The lowest BCUT2D eigenvalue weighted by Crippen LogP contribution is -2.12. The molecule has 0 unspecified atom stereocenters. The Hall–Kier alpha value is -8.14. The number of anilines is 3. The van der Waals surface area contributed by atoms with E-state index in [4.69, 9.17) is 0 Å². The van der Waals surface area contributed by atoms with E-state index in [0.717, 1.165) is 39.6 Å². The summed E-state index contributed by atoms with van der Waals surface area (Å²) in [6.45, 7) is 0. The molecule has 61 heavy (non-hydrogen) atoms. The normalized spacial score (nSPS) is 11.6. The average Bonchev–Trinajstić information content (AvgIpc) is 3.86. The smallest absolute Gasteiger partial charge is 0.0619 e. The van der Waals surface area contributed by atoms with E-state index in [1.807, 2.05) is 0 Å². The van der Waals surface area contributed by atoms with Crippen molar-refractivity contribution >= 4 is 71.4 Å². The quantitative estimate of drug-likeness (QED) is 0.157. The fraction of sp³-hybridized carbons (Fsp3) is 0. The molecule has 0 aliphatic carbocycles. The molecular formula is C58H39N3. The van der Waals surface area contributed by atoms with Crippen LogP contribution in [0.25, 0.3) is 88.0 Å². The number of aromatic nitrogens is 2. The maximum Gasteiger partial charge on any atom is 0.0619 e. The number of para-hydroxylation sites is 5.